The molecular weight excluding hydrogens is 314 g/mol. The third-order valence-corrected chi connectivity index (χ3v) is 3.56. The number of thioether (sulfide) groups is 1. The van der Waals surface area contributed by atoms with Gasteiger partial charge >= 0.3 is 71.1 Å². The van der Waals surface area contributed by atoms with E-state index in [1.165, 1.54) is 11.3 Å². The molecule has 0 spiro atoms. The Bertz CT molecular complexity index is 404. The molecule has 1 unspecified atom stereocenters. The van der Waals surface area contributed by atoms with Crippen molar-refractivity contribution in [2.75, 3.05) is 0 Å². The van der Waals surface area contributed by atoms with Crippen LogP contribution in [0.15, 0.2) is 4.34 Å². The number of carboxylic acids is 1. The molecule has 1 rings (SSSR count). The van der Waals surface area contributed by atoms with Gasteiger partial charge in [0.05, 0.1) is 6.42 Å². The molecule has 0 saturated heterocycles. The number of hydrogen-bond acceptors (Lipinski definition) is 8. The predicted octanol–water partition coefficient (Wildman–Crippen LogP) is -4.74. The quantitative estimate of drug-likeness (QED) is 0.183. The van der Waals surface area contributed by atoms with Gasteiger partial charge in [0.1, 0.15) is 10.3 Å². The first-order chi connectivity index (χ1) is 7.52. The molecule has 0 saturated carbocycles. The van der Waals surface area contributed by atoms with E-state index >= 15 is 0 Å². The maximum atomic E-state index is 11.1. The Labute approximate surface area is 163 Å². The second-order valence-electron chi connectivity index (χ2n) is 2.70. The first-order valence-corrected chi connectivity index (χ1v) is 5.76. The van der Waals surface area contributed by atoms with Gasteiger partial charge in [-0.05, 0) is 6.92 Å². The van der Waals surface area contributed by atoms with E-state index in [0.717, 1.165) is 11.8 Å². The fourth-order valence-corrected chi connectivity index (χ4v) is 2.85. The van der Waals surface area contributed by atoms with Gasteiger partial charge in [-0.1, -0.05) is 23.1 Å². The third-order valence-electron chi connectivity index (χ3n) is 1.46. The van der Waals surface area contributed by atoms with Gasteiger partial charge in [-0.3, -0.25) is 9.68 Å². The second-order valence-corrected chi connectivity index (χ2v) is 5.33. The molecule has 0 amide bonds. The van der Waals surface area contributed by atoms with Crippen LogP contribution in [0.25, 0.3) is 0 Å². The minimum Gasteiger partial charge on any atom is -0.481 e. The molecule has 0 aromatic carbocycles. The van der Waals surface area contributed by atoms with E-state index in [9.17, 15) is 9.59 Å². The van der Waals surface area contributed by atoms with Gasteiger partial charge in [-0.15, -0.1) is 10.2 Å². The molecule has 0 aliphatic rings. The number of aryl methyl sites for hydroxylation is 1. The standard InChI is InChI=1S/C7H8N2O5S2.CH3.2Na/c1-3-8-9-7(15-3)16-4(2-5(10)11)6(12)14-13;;;/h4,13H,2H2,1H3,(H,10,11);1H3;;/q;3*+1. The summed E-state index contributed by atoms with van der Waals surface area (Å²) in [6.07, 6.45) is -0.456. The third kappa shape index (κ3) is 9.27. The van der Waals surface area contributed by atoms with Crippen molar-refractivity contribution >= 4 is 35.0 Å². The summed E-state index contributed by atoms with van der Waals surface area (Å²) in [5.74, 6) is -2.18. The van der Waals surface area contributed by atoms with E-state index in [0.29, 0.717) is 9.35 Å². The minimum atomic E-state index is -1.16. The smallest absolute Gasteiger partial charge is 0.481 e. The van der Waals surface area contributed by atoms with Crippen molar-refractivity contribution in [3.05, 3.63) is 12.4 Å². The molecule has 11 heteroatoms. The summed E-state index contributed by atoms with van der Waals surface area (Å²) in [5, 5.41) is 23.9. The van der Waals surface area contributed by atoms with Crippen molar-refractivity contribution in [1.82, 2.24) is 10.2 Å². The maximum Gasteiger partial charge on any atom is 1.00 e. The topological polar surface area (TPSA) is 110 Å². The van der Waals surface area contributed by atoms with E-state index in [4.69, 9.17) is 10.4 Å². The van der Waals surface area contributed by atoms with Crippen LogP contribution in [0.3, 0.4) is 0 Å². The minimum absolute atomic E-state index is 0. The molecule has 0 bridgehead atoms. The summed E-state index contributed by atoms with van der Waals surface area (Å²) < 4.78 is 0.453. The van der Waals surface area contributed by atoms with Crippen LogP contribution >= 0.6 is 23.1 Å². The van der Waals surface area contributed by atoms with Crippen LogP contribution in [-0.2, 0) is 14.5 Å². The summed E-state index contributed by atoms with van der Waals surface area (Å²) in [4.78, 5) is 25.1. The van der Waals surface area contributed by atoms with E-state index in [1.54, 1.807) is 6.92 Å². The van der Waals surface area contributed by atoms with E-state index in [1.807, 2.05) is 0 Å². The largest absolute Gasteiger partial charge is 1.00 e. The van der Waals surface area contributed by atoms with Crippen LogP contribution in [0.5, 0.6) is 0 Å². The summed E-state index contributed by atoms with van der Waals surface area (Å²) in [7, 11) is 0. The van der Waals surface area contributed by atoms with E-state index in [2.05, 4.69) is 15.1 Å². The summed E-state index contributed by atoms with van der Waals surface area (Å²) in [6, 6.07) is 0. The van der Waals surface area contributed by atoms with E-state index < -0.39 is 23.6 Å². The van der Waals surface area contributed by atoms with Crippen molar-refractivity contribution in [3.63, 3.8) is 0 Å². The van der Waals surface area contributed by atoms with Gasteiger partial charge in [-0.25, -0.2) is 4.79 Å². The molecule has 1 heterocycles. The van der Waals surface area contributed by atoms with Gasteiger partial charge in [-0.2, -0.15) is 5.26 Å². The zero-order valence-corrected chi connectivity index (χ0v) is 16.7. The van der Waals surface area contributed by atoms with Gasteiger partial charge in [0.25, 0.3) is 0 Å². The molecule has 1 aromatic heterocycles. The van der Waals surface area contributed by atoms with Crippen molar-refractivity contribution in [1.29, 1.82) is 0 Å². The Hall–Kier alpha value is 0.680. The molecule has 0 fully saturated rings. The maximum absolute atomic E-state index is 11.1. The fraction of sp³-hybridized carbons (Fsp3) is 0.375. The van der Waals surface area contributed by atoms with Crippen LogP contribution in [-0.4, -0.2) is 37.7 Å². The van der Waals surface area contributed by atoms with Crippen LogP contribution < -0.4 is 59.1 Å². The Morgan fingerprint density at radius 3 is 2.37 bits per heavy atom. The van der Waals surface area contributed by atoms with Gasteiger partial charge in [0.15, 0.2) is 4.34 Å². The molecule has 2 N–H and O–H groups in total. The van der Waals surface area contributed by atoms with Gasteiger partial charge in [0.2, 0.25) is 0 Å². The van der Waals surface area contributed by atoms with Crippen LogP contribution in [0.2, 0.25) is 0 Å². The zero-order valence-electron chi connectivity index (χ0n) is 11.1. The molecule has 1 aromatic rings. The van der Waals surface area contributed by atoms with Crippen LogP contribution in [0, 0.1) is 14.4 Å². The number of hydrogen-bond donors (Lipinski definition) is 2. The molecule has 19 heavy (non-hydrogen) atoms. The monoisotopic (exact) mass is 325 g/mol. The Morgan fingerprint density at radius 2 is 2.00 bits per heavy atom. The van der Waals surface area contributed by atoms with E-state index in [-0.39, 0.29) is 66.5 Å². The second kappa shape index (κ2) is 12.4. The van der Waals surface area contributed by atoms with Crippen LogP contribution in [0.4, 0.5) is 0 Å². The fourth-order valence-electron chi connectivity index (χ4n) is 0.838. The van der Waals surface area contributed by atoms with Gasteiger partial charge < -0.3 is 5.11 Å². The predicted molar refractivity (Wildman–Crippen MR) is 61.7 cm³/mol. The average molecular weight is 325 g/mol. The molecule has 7 nitrogen and oxygen atoms in total. The van der Waals surface area contributed by atoms with Gasteiger partial charge in [0, 0.05) is 7.43 Å². The number of carbonyl (C=O) groups is 2. The normalized spacial score (nSPS) is 10.2. The SMILES string of the molecule is Cc1nnc(SC(CC(=O)O)C(=O)OO)s1.[CH3+].[Na+].[Na+]. The van der Waals surface area contributed by atoms with Crippen molar-refractivity contribution in [2.45, 2.75) is 22.9 Å². The summed E-state index contributed by atoms with van der Waals surface area (Å²) >= 11 is 2.13. The number of rotatable bonds is 5. The molecule has 0 aliphatic heterocycles. The molecule has 1 atom stereocenters. The van der Waals surface area contributed by atoms with Crippen molar-refractivity contribution < 1.29 is 84.0 Å². The number of aromatic nitrogens is 2. The Morgan fingerprint density at radius 1 is 1.42 bits per heavy atom. The number of carboxylic acid groups (broad SMARTS) is 1. The Kier molecular flexibility index (Phi) is 16.1. The molecular formula is C8H11N2Na2O5S2+3. The molecule has 0 radical (unpaired) electrons. The number of aliphatic carboxylic acids is 1. The number of nitrogens with zero attached hydrogens (tertiary/aromatic N) is 2. The average Bonchev–Trinajstić information content (AvgIpc) is 2.61. The first-order valence-electron chi connectivity index (χ1n) is 4.06. The summed E-state index contributed by atoms with van der Waals surface area (Å²) in [5.41, 5.74) is 0. The van der Waals surface area contributed by atoms with Crippen LogP contribution in [0.1, 0.15) is 11.4 Å². The molecule has 94 valence electrons. The molecule has 0 aliphatic carbocycles. The Balaban J connectivity index is -0.000000853. The van der Waals surface area contributed by atoms with Crippen molar-refractivity contribution in [2.24, 2.45) is 0 Å². The van der Waals surface area contributed by atoms with Crippen molar-refractivity contribution in [3.8, 4) is 0 Å². The zero-order chi connectivity index (χ0) is 12.1. The number of carbonyl (C=O) groups excluding carboxylic acids is 1. The first kappa shape index (κ1) is 24.7. The summed E-state index contributed by atoms with van der Waals surface area (Å²) in [6.45, 7) is 1.73.